The number of rotatable bonds is 6. The van der Waals surface area contributed by atoms with Gasteiger partial charge in [-0.05, 0) is 38.3 Å². The number of hydrogen-bond acceptors (Lipinski definition) is 4. The Kier molecular flexibility index (Phi) is 6.98. The lowest BCUT2D eigenvalue weighted by Gasteiger charge is -2.34. The van der Waals surface area contributed by atoms with Gasteiger partial charge in [-0.25, -0.2) is 4.79 Å². The first-order chi connectivity index (χ1) is 12.8. The minimum Gasteiger partial charge on any atom is -0.444 e. The molecule has 2 aromatic carbocycles. The second-order valence-corrected chi connectivity index (χ2v) is 7.42. The maximum absolute atomic E-state index is 12.9. The van der Waals surface area contributed by atoms with E-state index in [0.717, 1.165) is 11.1 Å². The van der Waals surface area contributed by atoms with E-state index in [1.807, 2.05) is 66.7 Å². The number of nitrogens with zero attached hydrogens (tertiary/aromatic N) is 2. The maximum atomic E-state index is 12.9. The smallest absolute Gasteiger partial charge is 0.410 e. The number of carbonyl (C=O) groups excluding carboxylic acids is 1. The van der Waals surface area contributed by atoms with E-state index < -0.39 is 23.8 Å². The van der Waals surface area contributed by atoms with Gasteiger partial charge in [-0.3, -0.25) is 4.90 Å². The minimum atomic E-state index is -1.33. The summed E-state index contributed by atoms with van der Waals surface area (Å²) < 4.78 is 5.55. The van der Waals surface area contributed by atoms with Crippen molar-refractivity contribution in [2.45, 2.75) is 51.5 Å². The molecule has 27 heavy (non-hydrogen) atoms. The summed E-state index contributed by atoms with van der Waals surface area (Å²) in [6.45, 7) is 5.61. The van der Waals surface area contributed by atoms with E-state index in [2.05, 4.69) is 0 Å². The number of benzene rings is 2. The molecule has 2 rings (SSSR count). The van der Waals surface area contributed by atoms with Crippen molar-refractivity contribution in [2.24, 2.45) is 0 Å². The van der Waals surface area contributed by atoms with Crippen molar-refractivity contribution in [3.8, 4) is 6.07 Å². The normalized spacial score (nSPS) is 13.3. The van der Waals surface area contributed by atoms with Gasteiger partial charge in [-0.15, -0.1) is 0 Å². The van der Waals surface area contributed by atoms with E-state index in [-0.39, 0.29) is 6.54 Å². The zero-order chi connectivity index (χ0) is 19.9. The summed E-state index contributed by atoms with van der Waals surface area (Å²) in [6.07, 6.45) is -1.54. The zero-order valence-electron chi connectivity index (χ0n) is 16.0. The molecule has 0 bridgehead atoms. The average Bonchev–Trinajstić information content (AvgIpc) is 2.64. The van der Waals surface area contributed by atoms with Crippen LogP contribution in [0.4, 0.5) is 4.79 Å². The molecule has 0 fully saturated rings. The van der Waals surface area contributed by atoms with Gasteiger partial charge in [0, 0.05) is 6.54 Å². The fourth-order valence-electron chi connectivity index (χ4n) is 2.75. The van der Waals surface area contributed by atoms with Crippen LogP contribution in [0.2, 0.25) is 0 Å². The highest BCUT2D eigenvalue weighted by Gasteiger charge is 2.33. The fraction of sp³-hybridized carbons (Fsp3) is 0.364. The van der Waals surface area contributed by atoms with E-state index >= 15 is 0 Å². The molecule has 0 aliphatic carbocycles. The Morgan fingerprint density at radius 1 is 1.07 bits per heavy atom. The lowest BCUT2D eigenvalue weighted by Crippen LogP contribution is -2.49. The molecule has 0 radical (unpaired) electrons. The van der Waals surface area contributed by atoms with Crippen LogP contribution in [0.3, 0.4) is 0 Å². The van der Waals surface area contributed by atoms with Gasteiger partial charge in [-0.2, -0.15) is 5.26 Å². The quantitative estimate of drug-likeness (QED) is 0.787. The van der Waals surface area contributed by atoms with Crippen LogP contribution in [-0.2, 0) is 17.7 Å². The molecule has 5 nitrogen and oxygen atoms in total. The van der Waals surface area contributed by atoms with Crippen LogP contribution in [0.15, 0.2) is 60.7 Å². The Morgan fingerprint density at radius 3 is 2.07 bits per heavy atom. The topological polar surface area (TPSA) is 73.6 Å². The molecule has 1 amide bonds. The fourth-order valence-corrected chi connectivity index (χ4v) is 2.75. The monoisotopic (exact) mass is 366 g/mol. The molecule has 0 saturated heterocycles. The van der Waals surface area contributed by atoms with Gasteiger partial charge in [0.05, 0.1) is 12.1 Å². The molecule has 1 N–H and O–H groups in total. The molecule has 0 heterocycles. The molecule has 5 heteroatoms. The average molecular weight is 366 g/mol. The van der Waals surface area contributed by atoms with E-state index in [0.29, 0.717) is 6.42 Å². The van der Waals surface area contributed by atoms with Crippen LogP contribution in [0.1, 0.15) is 31.9 Å². The van der Waals surface area contributed by atoms with Crippen molar-refractivity contribution in [1.82, 2.24) is 4.90 Å². The highest BCUT2D eigenvalue weighted by molar-refractivity contribution is 5.69. The van der Waals surface area contributed by atoms with Gasteiger partial charge in [0.15, 0.2) is 6.10 Å². The molecule has 2 aromatic rings. The van der Waals surface area contributed by atoms with Crippen LogP contribution in [0.5, 0.6) is 0 Å². The first-order valence-electron chi connectivity index (χ1n) is 8.95. The Bertz CT molecular complexity index is 764. The third-order valence-corrected chi connectivity index (χ3v) is 4.01. The predicted octanol–water partition coefficient (Wildman–Crippen LogP) is 3.92. The van der Waals surface area contributed by atoms with Crippen LogP contribution in [0, 0.1) is 11.3 Å². The van der Waals surface area contributed by atoms with Gasteiger partial charge < -0.3 is 9.84 Å². The van der Waals surface area contributed by atoms with E-state index in [1.165, 1.54) is 4.90 Å². The summed E-state index contributed by atoms with van der Waals surface area (Å²) in [6, 6.07) is 20.1. The highest BCUT2D eigenvalue weighted by Crippen LogP contribution is 2.20. The van der Waals surface area contributed by atoms with Gasteiger partial charge in [0.25, 0.3) is 0 Å². The molecular formula is C22H26N2O3. The third-order valence-electron chi connectivity index (χ3n) is 4.01. The van der Waals surface area contributed by atoms with Crippen molar-refractivity contribution in [2.75, 3.05) is 0 Å². The summed E-state index contributed by atoms with van der Waals surface area (Å²) >= 11 is 0. The Balaban J connectivity index is 2.35. The van der Waals surface area contributed by atoms with Crippen LogP contribution < -0.4 is 0 Å². The second kappa shape index (κ2) is 9.20. The van der Waals surface area contributed by atoms with E-state index in [1.54, 1.807) is 20.8 Å². The zero-order valence-corrected chi connectivity index (χ0v) is 16.0. The highest BCUT2D eigenvalue weighted by atomic mass is 16.6. The maximum Gasteiger partial charge on any atom is 0.410 e. The number of amides is 1. The van der Waals surface area contributed by atoms with Gasteiger partial charge in [0.2, 0.25) is 0 Å². The Hall–Kier alpha value is -2.84. The molecule has 2 atom stereocenters. The number of aliphatic hydroxyl groups is 1. The molecule has 0 aromatic heterocycles. The minimum absolute atomic E-state index is 0.242. The number of aliphatic hydroxyl groups excluding tert-OH is 1. The lowest BCUT2D eigenvalue weighted by molar-refractivity contribution is -0.000202. The molecule has 0 saturated carbocycles. The van der Waals surface area contributed by atoms with Crippen molar-refractivity contribution < 1.29 is 14.6 Å². The molecule has 0 spiro atoms. The van der Waals surface area contributed by atoms with Crippen molar-refractivity contribution in [3.05, 3.63) is 71.8 Å². The first kappa shape index (κ1) is 20.5. The van der Waals surface area contributed by atoms with Gasteiger partial charge >= 0.3 is 6.09 Å². The second-order valence-electron chi connectivity index (χ2n) is 7.42. The number of hydrogen-bond donors (Lipinski definition) is 1. The predicted molar refractivity (Wildman–Crippen MR) is 104 cm³/mol. The summed E-state index contributed by atoms with van der Waals surface area (Å²) in [7, 11) is 0. The van der Waals surface area contributed by atoms with E-state index in [4.69, 9.17) is 4.74 Å². The molecule has 0 aliphatic heterocycles. The number of nitriles is 1. The standard InChI is InChI=1S/C22H26N2O3/c1-22(2,3)27-21(26)24(16-18-12-8-5-9-13-18)19(20(25)15-23)14-17-10-6-4-7-11-17/h4-13,19-20,25H,14,16H2,1-3H3/t19-,20+/m0/s1. The Labute approximate surface area is 160 Å². The van der Waals surface area contributed by atoms with Crippen molar-refractivity contribution in [3.63, 3.8) is 0 Å². The first-order valence-corrected chi connectivity index (χ1v) is 8.95. The van der Waals surface area contributed by atoms with Crippen molar-refractivity contribution in [1.29, 1.82) is 5.26 Å². The number of ether oxygens (including phenoxy) is 1. The molecular weight excluding hydrogens is 340 g/mol. The van der Waals surface area contributed by atoms with Crippen LogP contribution >= 0.6 is 0 Å². The van der Waals surface area contributed by atoms with Crippen LogP contribution in [0.25, 0.3) is 0 Å². The van der Waals surface area contributed by atoms with E-state index in [9.17, 15) is 15.2 Å². The summed E-state index contributed by atoms with van der Waals surface area (Å²) in [5.74, 6) is 0. The third kappa shape index (κ3) is 6.43. The lowest BCUT2D eigenvalue weighted by atomic mass is 9.99. The molecule has 142 valence electrons. The SMILES string of the molecule is CC(C)(C)OC(=O)N(Cc1ccccc1)[C@@H](Cc1ccccc1)[C@H](O)C#N. The largest absolute Gasteiger partial charge is 0.444 e. The summed E-state index contributed by atoms with van der Waals surface area (Å²) in [4.78, 5) is 14.3. The Morgan fingerprint density at radius 2 is 1.59 bits per heavy atom. The summed E-state index contributed by atoms with van der Waals surface area (Å²) in [5.41, 5.74) is 1.14. The molecule has 0 unspecified atom stereocenters. The number of carbonyl (C=O) groups is 1. The van der Waals surface area contributed by atoms with Crippen molar-refractivity contribution >= 4 is 6.09 Å². The molecule has 0 aliphatic rings. The van der Waals surface area contributed by atoms with Crippen LogP contribution in [-0.4, -0.2) is 33.8 Å². The summed E-state index contributed by atoms with van der Waals surface area (Å²) in [5, 5.41) is 19.7. The van der Waals surface area contributed by atoms with Gasteiger partial charge in [-0.1, -0.05) is 60.7 Å². The van der Waals surface area contributed by atoms with Gasteiger partial charge in [0.1, 0.15) is 5.60 Å².